The minimum atomic E-state index is -0.629. The molecule has 32 heavy (non-hydrogen) atoms. The monoisotopic (exact) mass is 431 g/mol. The highest BCUT2D eigenvalue weighted by Crippen LogP contribution is 2.49. The predicted octanol–water partition coefficient (Wildman–Crippen LogP) is 6.33. The quantitative estimate of drug-likeness (QED) is 0.518. The summed E-state index contributed by atoms with van der Waals surface area (Å²) in [6.07, 6.45) is 11.9. The second-order valence-corrected chi connectivity index (χ2v) is 10.2. The highest BCUT2D eigenvalue weighted by Gasteiger charge is 2.52. The van der Waals surface area contributed by atoms with Crippen molar-refractivity contribution in [3.8, 4) is 0 Å². The summed E-state index contributed by atoms with van der Waals surface area (Å²) in [4.78, 5) is 14.1. The third kappa shape index (κ3) is 4.12. The zero-order chi connectivity index (χ0) is 22.0. The van der Waals surface area contributed by atoms with Crippen LogP contribution in [0.2, 0.25) is 0 Å². The smallest absolute Gasteiger partial charge is 0.228 e. The fourth-order valence-electron chi connectivity index (χ4n) is 6.30. The molecule has 2 aromatic rings. The Morgan fingerprint density at radius 1 is 0.875 bits per heavy atom. The average molecular weight is 432 g/mol. The molecule has 1 aliphatic heterocycles. The van der Waals surface area contributed by atoms with Crippen LogP contribution in [0.3, 0.4) is 0 Å². The van der Waals surface area contributed by atoms with Gasteiger partial charge in [-0.05, 0) is 56.2 Å². The van der Waals surface area contributed by atoms with Gasteiger partial charge in [0.15, 0.2) is 0 Å². The van der Waals surface area contributed by atoms with Crippen LogP contribution in [0.5, 0.6) is 0 Å². The molecule has 2 fully saturated rings. The van der Waals surface area contributed by atoms with Gasteiger partial charge in [0.1, 0.15) is 5.66 Å². The number of fused-ring (bicyclic) bond motifs is 1. The molecule has 3 N–H and O–H groups in total. The molecule has 1 heterocycles. The summed E-state index contributed by atoms with van der Waals surface area (Å²) in [7, 11) is 0. The number of nitrogens with one attached hydrogen (secondary N) is 3. The molecule has 1 amide bonds. The van der Waals surface area contributed by atoms with Gasteiger partial charge in [-0.15, -0.1) is 0 Å². The summed E-state index contributed by atoms with van der Waals surface area (Å²) >= 11 is 0. The minimum absolute atomic E-state index is 0.168. The van der Waals surface area contributed by atoms with Crippen LogP contribution in [0.4, 0.5) is 11.4 Å². The second kappa shape index (κ2) is 9.17. The average Bonchev–Trinajstić information content (AvgIpc) is 3.21. The molecule has 2 aliphatic carbocycles. The van der Waals surface area contributed by atoms with E-state index >= 15 is 0 Å². The van der Waals surface area contributed by atoms with Gasteiger partial charge < -0.3 is 16.0 Å². The normalized spacial score (nSPS) is 21.8. The van der Waals surface area contributed by atoms with E-state index in [1.54, 1.807) is 0 Å². The number of anilines is 2. The van der Waals surface area contributed by atoms with Crippen molar-refractivity contribution in [1.29, 1.82) is 0 Å². The molecule has 2 aromatic carbocycles. The Hall–Kier alpha value is -2.49. The van der Waals surface area contributed by atoms with E-state index in [0.717, 1.165) is 42.6 Å². The fraction of sp³-hybridized carbons (Fsp3) is 0.536. The SMILES string of the molecule is Cc1cccc(C2(C(C(=O)NC3CCCCC3)C3CCCCC3)Nc3ccccc3N2)c1. The number of benzene rings is 2. The van der Waals surface area contributed by atoms with E-state index in [9.17, 15) is 4.79 Å². The zero-order valence-electron chi connectivity index (χ0n) is 19.3. The van der Waals surface area contributed by atoms with E-state index in [1.165, 1.54) is 44.1 Å². The topological polar surface area (TPSA) is 53.2 Å². The first-order chi connectivity index (χ1) is 15.7. The first-order valence-electron chi connectivity index (χ1n) is 12.7. The molecular weight excluding hydrogens is 394 g/mol. The summed E-state index contributed by atoms with van der Waals surface area (Å²) in [6.45, 7) is 2.14. The van der Waals surface area contributed by atoms with E-state index in [-0.39, 0.29) is 11.8 Å². The second-order valence-electron chi connectivity index (χ2n) is 10.2. The molecule has 170 valence electrons. The number of para-hydroxylation sites is 2. The Morgan fingerprint density at radius 2 is 1.50 bits per heavy atom. The lowest BCUT2D eigenvalue weighted by atomic mass is 9.70. The molecule has 0 saturated heterocycles. The van der Waals surface area contributed by atoms with Crippen molar-refractivity contribution >= 4 is 17.3 Å². The van der Waals surface area contributed by atoms with Crippen molar-refractivity contribution in [3.63, 3.8) is 0 Å². The van der Waals surface area contributed by atoms with Gasteiger partial charge in [-0.1, -0.05) is 80.5 Å². The van der Waals surface area contributed by atoms with Gasteiger partial charge in [0.2, 0.25) is 5.91 Å². The Bertz CT molecular complexity index is 918. The summed E-state index contributed by atoms with van der Waals surface area (Å²) < 4.78 is 0. The summed E-state index contributed by atoms with van der Waals surface area (Å²) in [6, 6.07) is 17.4. The lowest BCUT2D eigenvalue weighted by Crippen LogP contribution is -2.56. The lowest BCUT2D eigenvalue weighted by Gasteiger charge is -2.44. The van der Waals surface area contributed by atoms with Crippen molar-refractivity contribution in [2.24, 2.45) is 11.8 Å². The molecule has 5 rings (SSSR count). The first kappa shape index (κ1) is 21.4. The molecule has 4 heteroatoms. The summed E-state index contributed by atoms with van der Waals surface area (Å²) in [5.74, 6) is 0.416. The van der Waals surface area contributed by atoms with Crippen LogP contribution in [0, 0.1) is 18.8 Å². The van der Waals surface area contributed by atoms with Crippen molar-refractivity contribution in [2.75, 3.05) is 10.6 Å². The maximum Gasteiger partial charge on any atom is 0.228 e. The molecule has 2 saturated carbocycles. The number of hydrogen-bond acceptors (Lipinski definition) is 3. The molecule has 0 bridgehead atoms. The molecule has 0 aromatic heterocycles. The highest BCUT2D eigenvalue weighted by molar-refractivity contribution is 5.86. The maximum atomic E-state index is 14.1. The van der Waals surface area contributed by atoms with Crippen molar-refractivity contribution < 1.29 is 4.79 Å². The van der Waals surface area contributed by atoms with Crippen LogP contribution >= 0.6 is 0 Å². The largest absolute Gasteiger partial charge is 0.357 e. The molecular formula is C28H37N3O. The van der Waals surface area contributed by atoms with E-state index in [0.29, 0.717) is 12.0 Å². The third-order valence-electron chi connectivity index (χ3n) is 7.89. The van der Waals surface area contributed by atoms with Gasteiger partial charge >= 0.3 is 0 Å². The number of amides is 1. The predicted molar refractivity (Wildman–Crippen MR) is 132 cm³/mol. The molecule has 4 nitrogen and oxygen atoms in total. The van der Waals surface area contributed by atoms with Gasteiger partial charge in [-0.2, -0.15) is 0 Å². The van der Waals surface area contributed by atoms with E-state index in [1.807, 2.05) is 0 Å². The number of carbonyl (C=O) groups excluding carboxylic acids is 1. The first-order valence-corrected chi connectivity index (χ1v) is 12.7. The van der Waals surface area contributed by atoms with Crippen LogP contribution < -0.4 is 16.0 Å². The Kier molecular flexibility index (Phi) is 6.12. The summed E-state index contributed by atoms with van der Waals surface area (Å²) in [5, 5.41) is 11.2. The van der Waals surface area contributed by atoms with E-state index < -0.39 is 5.66 Å². The van der Waals surface area contributed by atoms with Crippen LogP contribution in [-0.4, -0.2) is 11.9 Å². The Balaban J connectivity index is 1.56. The zero-order valence-corrected chi connectivity index (χ0v) is 19.3. The van der Waals surface area contributed by atoms with E-state index in [4.69, 9.17) is 0 Å². The number of rotatable bonds is 5. The fourth-order valence-corrected chi connectivity index (χ4v) is 6.30. The van der Waals surface area contributed by atoms with Crippen LogP contribution in [0.15, 0.2) is 48.5 Å². The maximum absolute atomic E-state index is 14.1. The standard InChI is InChI=1S/C28H37N3O/c1-20-11-10-14-22(19-20)28(30-24-17-8-9-18-25(24)31-28)26(21-12-4-2-5-13-21)27(32)29-23-15-6-3-7-16-23/h8-11,14,17-19,21,23,26,30-31H,2-7,12-13,15-16H2,1H3,(H,29,32). The molecule has 1 atom stereocenters. The van der Waals surface area contributed by atoms with Gasteiger partial charge in [-0.3, -0.25) is 4.79 Å². The number of carbonyl (C=O) groups is 1. The van der Waals surface area contributed by atoms with Crippen LogP contribution in [0.1, 0.15) is 75.3 Å². The number of aryl methyl sites for hydroxylation is 1. The molecule has 1 unspecified atom stereocenters. The van der Waals surface area contributed by atoms with Crippen molar-refractivity contribution in [1.82, 2.24) is 5.32 Å². The van der Waals surface area contributed by atoms with Crippen LogP contribution in [0.25, 0.3) is 0 Å². The van der Waals surface area contributed by atoms with Crippen molar-refractivity contribution in [2.45, 2.75) is 82.8 Å². The van der Waals surface area contributed by atoms with Gasteiger partial charge in [0.25, 0.3) is 0 Å². The van der Waals surface area contributed by atoms with Crippen molar-refractivity contribution in [3.05, 3.63) is 59.7 Å². The van der Waals surface area contributed by atoms with E-state index in [2.05, 4.69) is 71.4 Å². The van der Waals surface area contributed by atoms with Gasteiger partial charge in [0, 0.05) is 6.04 Å². The molecule has 0 spiro atoms. The lowest BCUT2D eigenvalue weighted by molar-refractivity contribution is -0.130. The van der Waals surface area contributed by atoms with Crippen LogP contribution in [-0.2, 0) is 10.5 Å². The Labute approximate surface area is 192 Å². The summed E-state index contributed by atoms with van der Waals surface area (Å²) in [5.41, 5.74) is 3.91. The molecule has 0 radical (unpaired) electrons. The molecule has 3 aliphatic rings. The third-order valence-corrected chi connectivity index (χ3v) is 7.89. The van der Waals surface area contributed by atoms with Gasteiger partial charge in [0.05, 0.1) is 17.3 Å². The minimum Gasteiger partial charge on any atom is -0.357 e. The number of hydrogen-bond donors (Lipinski definition) is 3. The van der Waals surface area contributed by atoms with Gasteiger partial charge in [-0.25, -0.2) is 0 Å². The highest BCUT2D eigenvalue weighted by atomic mass is 16.2. The Morgan fingerprint density at radius 3 is 2.12 bits per heavy atom.